The number of nitrogen functional groups attached to an aromatic ring is 2. The monoisotopic (exact) mass is 874 g/mol. The number of methoxy groups -OCH3 is 1. The van der Waals surface area contributed by atoms with Crippen LogP contribution in [-0.4, -0.2) is 108 Å². The van der Waals surface area contributed by atoms with Crippen LogP contribution in [0.3, 0.4) is 0 Å². The van der Waals surface area contributed by atoms with Gasteiger partial charge in [-0.15, -0.1) is 20.4 Å². The van der Waals surface area contributed by atoms with E-state index in [1.54, 1.807) is 138 Å². The zero-order valence-corrected chi connectivity index (χ0v) is 35.8. The molecular formula is C46H42N12O7. The van der Waals surface area contributed by atoms with Crippen LogP contribution in [0.15, 0.2) is 118 Å². The first-order valence-corrected chi connectivity index (χ1v) is 19.7. The number of hydrogen-bond acceptors (Lipinski definition) is 17. The highest BCUT2D eigenvalue weighted by molar-refractivity contribution is 5.95. The molecule has 19 heteroatoms. The summed E-state index contributed by atoms with van der Waals surface area (Å²) in [6.45, 7) is -0.0431. The average molecular weight is 875 g/mol. The van der Waals surface area contributed by atoms with Crippen LogP contribution in [0.2, 0.25) is 0 Å². The van der Waals surface area contributed by atoms with Crippen LogP contribution in [0.4, 0.5) is 11.6 Å². The Morgan fingerprint density at radius 1 is 0.554 bits per heavy atom. The zero-order valence-electron chi connectivity index (χ0n) is 35.8. The number of benzene rings is 4. The predicted molar refractivity (Wildman–Crippen MR) is 239 cm³/mol. The van der Waals surface area contributed by atoms with Crippen LogP contribution in [0.25, 0.3) is 68.6 Å². The minimum absolute atomic E-state index is 0.0431. The number of anilines is 2. The number of hydrogen-bond donors (Lipinski definition) is 3. The van der Waals surface area contributed by atoms with E-state index in [2.05, 4.69) is 45.1 Å². The molecular weight excluding hydrogens is 833 g/mol. The van der Waals surface area contributed by atoms with Crippen LogP contribution in [0.1, 0.15) is 31.8 Å². The second kappa shape index (κ2) is 19.6. The summed E-state index contributed by atoms with van der Waals surface area (Å²) in [5.41, 5.74) is 19.3. The first kappa shape index (κ1) is 44.3. The summed E-state index contributed by atoms with van der Waals surface area (Å²) in [7, 11) is 8.15. The largest absolute Gasteiger partial charge is 0.469 e. The van der Waals surface area contributed by atoms with E-state index in [-0.39, 0.29) is 71.5 Å². The topological polar surface area (TPSA) is 269 Å². The number of amides is 2. The van der Waals surface area contributed by atoms with Crippen molar-refractivity contribution in [2.45, 2.75) is 13.0 Å². The maximum atomic E-state index is 12.1. The Balaban J connectivity index is 0.000000195. The molecule has 65 heavy (non-hydrogen) atoms. The molecule has 4 aromatic heterocycles. The molecule has 0 saturated heterocycles. The van der Waals surface area contributed by atoms with Crippen molar-refractivity contribution in [1.82, 2.24) is 50.1 Å². The second-order valence-corrected chi connectivity index (χ2v) is 14.7. The maximum Gasteiger partial charge on any atom is 0.309 e. The molecule has 0 aliphatic heterocycles. The third-order valence-corrected chi connectivity index (χ3v) is 9.68. The average Bonchev–Trinajstić information content (AvgIpc) is 4.04. The van der Waals surface area contributed by atoms with E-state index in [1.807, 2.05) is 0 Å². The Labute approximate surface area is 371 Å². The van der Waals surface area contributed by atoms with Crippen LogP contribution < -0.4 is 11.5 Å². The molecule has 0 atom stereocenters. The molecule has 328 valence electrons. The van der Waals surface area contributed by atoms with Gasteiger partial charge < -0.3 is 39.9 Å². The van der Waals surface area contributed by atoms with Crippen molar-refractivity contribution in [3.05, 3.63) is 132 Å². The van der Waals surface area contributed by atoms with Crippen molar-refractivity contribution in [3.8, 4) is 68.6 Å². The highest BCUT2D eigenvalue weighted by Gasteiger charge is 2.19. The van der Waals surface area contributed by atoms with E-state index in [0.29, 0.717) is 39.5 Å². The molecule has 5 N–H and O–H groups in total. The molecule has 0 spiro atoms. The van der Waals surface area contributed by atoms with Gasteiger partial charge in [0.25, 0.3) is 23.6 Å². The third-order valence-electron chi connectivity index (χ3n) is 9.68. The summed E-state index contributed by atoms with van der Waals surface area (Å²) >= 11 is 0. The third kappa shape index (κ3) is 10.3. The van der Waals surface area contributed by atoms with E-state index in [1.165, 1.54) is 16.9 Å². The Morgan fingerprint density at radius 3 is 1.29 bits per heavy atom. The number of aliphatic hydroxyl groups excluding tert-OH is 1. The number of aliphatic hydroxyl groups is 1. The number of nitrogens with zero attached hydrogens (tertiary/aromatic N) is 10. The minimum Gasteiger partial charge on any atom is -0.469 e. The number of rotatable bonds is 11. The van der Waals surface area contributed by atoms with Gasteiger partial charge in [0.15, 0.2) is 23.0 Å². The van der Waals surface area contributed by atoms with Crippen LogP contribution in [0, 0.1) is 0 Å². The summed E-state index contributed by atoms with van der Waals surface area (Å²) in [6.07, 6.45) is 3.26. The Bertz CT molecular complexity index is 2950. The molecule has 0 aliphatic rings. The molecule has 4 heterocycles. The van der Waals surface area contributed by atoms with Gasteiger partial charge in [-0.1, -0.05) is 48.5 Å². The van der Waals surface area contributed by atoms with Crippen molar-refractivity contribution in [2.24, 2.45) is 0 Å². The lowest BCUT2D eigenvalue weighted by molar-refractivity contribution is -0.139. The van der Waals surface area contributed by atoms with E-state index in [4.69, 9.17) is 25.4 Å². The fourth-order valence-corrected chi connectivity index (χ4v) is 6.10. The van der Waals surface area contributed by atoms with Gasteiger partial charge in [0, 0.05) is 61.6 Å². The van der Waals surface area contributed by atoms with Gasteiger partial charge in [-0.2, -0.15) is 0 Å². The van der Waals surface area contributed by atoms with Crippen LogP contribution >= 0.6 is 0 Å². The minimum atomic E-state index is -0.319. The number of carbonyl (C=O) groups is 3. The van der Waals surface area contributed by atoms with Gasteiger partial charge in [0.05, 0.1) is 43.9 Å². The first-order chi connectivity index (χ1) is 31.3. The summed E-state index contributed by atoms with van der Waals surface area (Å²) in [5.74, 6) is 0.664. The number of aromatic nitrogens is 8. The highest BCUT2D eigenvalue weighted by atomic mass is 16.5. The number of esters is 1. The maximum absolute atomic E-state index is 12.1. The Morgan fingerprint density at radius 2 is 0.923 bits per heavy atom. The fraction of sp³-hybridized carbons (Fsp3) is 0.152. The quantitative estimate of drug-likeness (QED) is 0.135. The van der Waals surface area contributed by atoms with Crippen molar-refractivity contribution in [2.75, 3.05) is 46.8 Å². The molecule has 4 aromatic carbocycles. The van der Waals surface area contributed by atoms with Crippen LogP contribution in [0.5, 0.6) is 0 Å². The van der Waals surface area contributed by atoms with Crippen LogP contribution in [-0.2, 0) is 22.6 Å². The van der Waals surface area contributed by atoms with Crippen molar-refractivity contribution < 1.29 is 33.1 Å². The van der Waals surface area contributed by atoms with E-state index >= 15 is 0 Å². The standard InChI is InChI=1S/C24H22N6O4.C22H20N6O3/c1-30(2)24(32)17-10-8-15(9-11-17)18-13-26-21(25)20(27-18)23-29-28-22(34-23)16-6-4-14(5-7-16)12-19(31)33-3;1-28(2)22(30)16-9-7-14(8-10-16)17-11-24-19(23)18(25-17)21-27-26-20(31-21)15-5-3-13(12-29)4-6-15/h4-11,13H,12H2,1-3H3,(H2,25,26);3-11,29H,12H2,1-2H3,(H2,23,24). The molecule has 0 aliphatic carbocycles. The molecule has 0 bridgehead atoms. The van der Waals surface area contributed by atoms with Gasteiger partial charge in [-0.05, 0) is 59.7 Å². The SMILES string of the molecule is CN(C)C(=O)c1ccc(-c2cnc(N)c(-c3nnc(-c4ccc(CO)cc4)o3)n2)cc1.COC(=O)Cc1ccc(-c2nnc(-c3nc(-c4ccc(C(=O)N(C)C)cc4)cnc3N)o2)cc1. The van der Waals surface area contributed by atoms with Crippen molar-refractivity contribution >= 4 is 29.4 Å². The molecule has 0 saturated carbocycles. The molecule has 8 rings (SSSR count). The molecule has 0 unspecified atom stereocenters. The zero-order chi connectivity index (χ0) is 46.2. The lowest BCUT2D eigenvalue weighted by Gasteiger charge is -2.10. The van der Waals surface area contributed by atoms with Crippen molar-refractivity contribution in [1.29, 1.82) is 0 Å². The van der Waals surface area contributed by atoms with Gasteiger partial charge in [0.2, 0.25) is 11.8 Å². The second-order valence-electron chi connectivity index (χ2n) is 14.7. The van der Waals surface area contributed by atoms with E-state index in [0.717, 1.165) is 22.3 Å². The predicted octanol–water partition coefficient (Wildman–Crippen LogP) is 5.50. The summed E-state index contributed by atoms with van der Waals surface area (Å²) in [4.78, 5) is 56.2. The molecule has 0 fully saturated rings. The fourth-order valence-electron chi connectivity index (χ4n) is 6.10. The van der Waals surface area contributed by atoms with E-state index < -0.39 is 0 Å². The summed E-state index contributed by atoms with van der Waals surface area (Å²) < 4.78 is 16.2. The summed E-state index contributed by atoms with van der Waals surface area (Å²) in [5, 5.41) is 25.5. The van der Waals surface area contributed by atoms with Gasteiger partial charge in [-0.25, -0.2) is 19.9 Å². The molecule has 19 nitrogen and oxygen atoms in total. The normalized spacial score (nSPS) is 10.7. The van der Waals surface area contributed by atoms with Gasteiger partial charge in [0.1, 0.15) is 0 Å². The Kier molecular flexibility index (Phi) is 13.3. The lowest BCUT2D eigenvalue weighted by Crippen LogP contribution is -2.21. The van der Waals surface area contributed by atoms with Gasteiger partial charge >= 0.3 is 5.97 Å². The van der Waals surface area contributed by atoms with Gasteiger partial charge in [-0.3, -0.25) is 14.4 Å². The first-order valence-electron chi connectivity index (χ1n) is 19.7. The van der Waals surface area contributed by atoms with E-state index in [9.17, 15) is 14.4 Å². The molecule has 0 radical (unpaired) electrons. The number of ether oxygens (including phenoxy) is 1. The number of nitrogens with two attached hydrogens (primary N) is 2. The molecule has 8 aromatic rings. The smallest absolute Gasteiger partial charge is 0.309 e. The molecule has 2 amide bonds. The van der Waals surface area contributed by atoms with Crippen molar-refractivity contribution in [3.63, 3.8) is 0 Å². The number of carbonyl (C=O) groups excluding carboxylic acids is 3. The Hall–Kier alpha value is -8.71. The summed E-state index contributed by atoms with van der Waals surface area (Å²) in [6, 6.07) is 28.3. The lowest BCUT2D eigenvalue weighted by atomic mass is 10.1. The highest BCUT2D eigenvalue weighted by Crippen LogP contribution is 2.30.